The Morgan fingerprint density at radius 3 is 3.00 bits per heavy atom. The quantitative estimate of drug-likeness (QED) is 0.869. The fourth-order valence-electron chi connectivity index (χ4n) is 2.37. The maximum absolute atomic E-state index is 9.57. The molecular weight excluding hydrogens is 252 g/mol. The second-order valence-electron chi connectivity index (χ2n) is 4.88. The lowest BCUT2D eigenvalue weighted by Gasteiger charge is -2.20. The summed E-state index contributed by atoms with van der Waals surface area (Å²) >= 11 is 0. The highest BCUT2D eigenvalue weighted by molar-refractivity contribution is 5.61. The number of benzene rings is 1. The number of hydrogen-bond acceptors (Lipinski definition) is 5. The molecule has 3 rings (SSSR count). The third-order valence-electron chi connectivity index (χ3n) is 3.41. The minimum atomic E-state index is 0.252. The van der Waals surface area contributed by atoms with Crippen LogP contribution in [0.2, 0.25) is 0 Å². The zero-order chi connectivity index (χ0) is 13.8. The van der Waals surface area contributed by atoms with Gasteiger partial charge < -0.3 is 15.3 Å². The number of phenols is 1. The molecule has 1 aliphatic heterocycles. The van der Waals surface area contributed by atoms with E-state index in [9.17, 15) is 5.11 Å². The molecule has 0 radical (unpaired) electrons. The third kappa shape index (κ3) is 2.88. The number of aromatic nitrogens is 2. The highest BCUT2D eigenvalue weighted by Crippen LogP contribution is 2.22. The molecule has 5 heteroatoms. The van der Waals surface area contributed by atoms with E-state index >= 15 is 0 Å². The van der Waals surface area contributed by atoms with E-state index < -0.39 is 0 Å². The van der Waals surface area contributed by atoms with Crippen molar-refractivity contribution in [2.24, 2.45) is 0 Å². The predicted octanol–water partition coefficient (Wildman–Crippen LogP) is 1.65. The Morgan fingerprint density at radius 2 is 2.10 bits per heavy atom. The fourth-order valence-corrected chi connectivity index (χ4v) is 2.37. The van der Waals surface area contributed by atoms with Crippen LogP contribution in [0.4, 0.5) is 5.95 Å². The smallest absolute Gasteiger partial charge is 0.225 e. The van der Waals surface area contributed by atoms with Gasteiger partial charge in [0.2, 0.25) is 5.95 Å². The number of nitrogens with one attached hydrogen (secondary N) is 1. The van der Waals surface area contributed by atoms with E-state index in [0.29, 0.717) is 0 Å². The van der Waals surface area contributed by atoms with E-state index in [0.717, 1.165) is 49.8 Å². The summed E-state index contributed by atoms with van der Waals surface area (Å²) in [5, 5.41) is 12.9. The molecule has 0 spiro atoms. The van der Waals surface area contributed by atoms with E-state index in [2.05, 4.69) is 20.2 Å². The van der Waals surface area contributed by atoms with Crippen molar-refractivity contribution < 1.29 is 5.11 Å². The lowest BCUT2D eigenvalue weighted by molar-refractivity contribution is 0.475. The first-order valence-corrected chi connectivity index (χ1v) is 6.91. The largest absolute Gasteiger partial charge is 0.508 e. The van der Waals surface area contributed by atoms with Gasteiger partial charge in [0, 0.05) is 31.4 Å². The standard InChI is InChI=1S/C15H18N4O/c20-13-4-1-3-12(11-13)14-5-7-17-15(18-14)19-9-2-6-16-8-10-19/h1,3-5,7,11,16,20H,2,6,8-10H2. The van der Waals surface area contributed by atoms with Gasteiger partial charge in [-0.15, -0.1) is 0 Å². The molecule has 104 valence electrons. The lowest BCUT2D eigenvalue weighted by Crippen LogP contribution is -2.29. The maximum atomic E-state index is 9.57. The van der Waals surface area contributed by atoms with E-state index in [1.165, 1.54) is 0 Å². The van der Waals surface area contributed by atoms with Crippen LogP contribution in [0.15, 0.2) is 36.5 Å². The molecule has 1 aromatic heterocycles. The molecule has 2 aromatic rings. The van der Waals surface area contributed by atoms with Crippen molar-refractivity contribution in [3.63, 3.8) is 0 Å². The zero-order valence-corrected chi connectivity index (χ0v) is 11.3. The minimum Gasteiger partial charge on any atom is -0.508 e. The Bertz CT molecular complexity index is 580. The van der Waals surface area contributed by atoms with Crippen LogP contribution in [-0.4, -0.2) is 41.3 Å². The molecule has 0 saturated carbocycles. The van der Waals surface area contributed by atoms with Crippen molar-refractivity contribution in [1.82, 2.24) is 15.3 Å². The first-order valence-electron chi connectivity index (χ1n) is 6.91. The van der Waals surface area contributed by atoms with Gasteiger partial charge in [-0.1, -0.05) is 12.1 Å². The summed E-state index contributed by atoms with van der Waals surface area (Å²) in [6.07, 6.45) is 2.87. The molecule has 5 nitrogen and oxygen atoms in total. The van der Waals surface area contributed by atoms with Crippen LogP contribution in [0.5, 0.6) is 5.75 Å². The van der Waals surface area contributed by atoms with Crippen LogP contribution in [0, 0.1) is 0 Å². The predicted molar refractivity (Wildman–Crippen MR) is 78.8 cm³/mol. The minimum absolute atomic E-state index is 0.252. The van der Waals surface area contributed by atoms with Crippen LogP contribution in [0.1, 0.15) is 6.42 Å². The molecule has 20 heavy (non-hydrogen) atoms. The Kier molecular flexibility index (Phi) is 3.78. The topological polar surface area (TPSA) is 61.3 Å². The van der Waals surface area contributed by atoms with E-state index in [4.69, 9.17) is 0 Å². The van der Waals surface area contributed by atoms with Crippen LogP contribution in [0.25, 0.3) is 11.3 Å². The van der Waals surface area contributed by atoms with Crippen LogP contribution >= 0.6 is 0 Å². The first kappa shape index (κ1) is 12.9. The number of anilines is 1. The van der Waals surface area contributed by atoms with Crippen molar-refractivity contribution >= 4 is 5.95 Å². The molecule has 1 fully saturated rings. The molecular formula is C15H18N4O. The monoisotopic (exact) mass is 270 g/mol. The van der Waals surface area contributed by atoms with Gasteiger partial charge in [-0.3, -0.25) is 0 Å². The average molecular weight is 270 g/mol. The third-order valence-corrected chi connectivity index (χ3v) is 3.41. The Labute approximate surface area is 118 Å². The Balaban J connectivity index is 1.89. The van der Waals surface area contributed by atoms with Gasteiger partial charge in [0.05, 0.1) is 5.69 Å². The molecule has 0 amide bonds. The van der Waals surface area contributed by atoms with Crippen LogP contribution < -0.4 is 10.2 Å². The normalized spacial score (nSPS) is 15.9. The molecule has 1 aromatic carbocycles. The molecule has 0 aliphatic carbocycles. The summed E-state index contributed by atoms with van der Waals surface area (Å²) < 4.78 is 0. The number of phenolic OH excluding ortho intramolecular Hbond substituents is 1. The number of hydrogen-bond donors (Lipinski definition) is 2. The molecule has 1 aliphatic rings. The van der Waals surface area contributed by atoms with Gasteiger partial charge in [0.1, 0.15) is 5.75 Å². The summed E-state index contributed by atoms with van der Waals surface area (Å²) in [5.74, 6) is 1.01. The number of aromatic hydroxyl groups is 1. The number of rotatable bonds is 2. The second kappa shape index (κ2) is 5.88. The van der Waals surface area contributed by atoms with Gasteiger partial charge in [-0.2, -0.15) is 0 Å². The van der Waals surface area contributed by atoms with Gasteiger partial charge in [0.15, 0.2) is 0 Å². The summed E-state index contributed by atoms with van der Waals surface area (Å²) in [7, 11) is 0. The van der Waals surface area contributed by atoms with Crippen molar-refractivity contribution in [2.45, 2.75) is 6.42 Å². The molecule has 0 bridgehead atoms. The van der Waals surface area contributed by atoms with E-state index in [1.54, 1.807) is 18.3 Å². The van der Waals surface area contributed by atoms with Gasteiger partial charge in [0.25, 0.3) is 0 Å². The molecule has 0 unspecified atom stereocenters. The van der Waals surface area contributed by atoms with Gasteiger partial charge in [-0.05, 0) is 31.2 Å². The molecule has 2 N–H and O–H groups in total. The fraction of sp³-hybridized carbons (Fsp3) is 0.333. The molecule has 1 saturated heterocycles. The van der Waals surface area contributed by atoms with Gasteiger partial charge >= 0.3 is 0 Å². The Morgan fingerprint density at radius 1 is 1.15 bits per heavy atom. The maximum Gasteiger partial charge on any atom is 0.225 e. The van der Waals surface area contributed by atoms with Gasteiger partial charge in [-0.25, -0.2) is 9.97 Å². The van der Waals surface area contributed by atoms with Crippen LogP contribution in [-0.2, 0) is 0 Å². The second-order valence-corrected chi connectivity index (χ2v) is 4.88. The summed E-state index contributed by atoms with van der Waals surface area (Å²) in [6.45, 7) is 3.89. The molecule has 0 atom stereocenters. The summed E-state index contributed by atoms with van der Waals surface area (Å²) in [4.78, 5) is 11.2. The number of nitrogens with zero attached hydrogens (tertiary/aromatic N) is 3. The van der Waals surface area contributed by atoms with Crippen molar-refractivity contribution in [1.29, 1.82) is 0 Å². The van der Waals surface area contributed by atoms with E-state index in [1.807, 2.05) is 18.2 Å². The van der Waals surface area contributed by atoms with E-state index in [-0.39, 0.29) is 5.75 Å². The lowest BCUT2D eigenvalue weighted by atomic mass is 10.1. The Hall–Kier alpha value is -2.14. The van der Waals surface area contributed by atoms with Crippen molar-refractivity contribution in [2.75, 3.05) is 31.1 Å². The molecule has 2 heterocycles. The van der Waals surface area contributed by atoms with Crippen molar-refractivity contribution in [3.05, 3.63) is 36.5 Å². The first-order chi connectivity index (χ1) is 9.83. The summed E-state index contributed by atoms with van der Waals surface area (Å²) in [6, 6.07) is 9.01. The van der Waals surface area contributed by atoms with Crippen LogP contribution in [0.3, 0.4) is 0 Å². The highest BCUT2D eigenvalue weighted by Gasteiger charge is 2.12. The van der Waals surface area contributed by atoms with Crippen molar-refractivity contribution in [3.8, 4) is 17.0 Å². The summed E-state index contributed by atoms with van der Waals surface area (Å²) in [5.41, 5.74) is 1.74. The zero-order valence-electron chi connectivity index (χ0n) is 11.3. The highest BCUT2D eigenvalue weighted by atomic mass is 16.3. The average Bonchev–Trinajstić information content (AvgIpc) is 2.76. The SMILES string of the molecule is Oc1cccc(-c2ccnc(N3CCCNCC3)n2)c1.